The molecule has 10 rings (SSSR count). The predicted molar refractivity (Wildman–Crippen MR) is 178 cm³/mol. The molecule has 0 spiro atoms. The maximum absolute atomic E-state index is 6.38. The lowest BCUT2D eigenvalue weighted by Crippen LogP contribution is -1.88. The van der Waals surface area contributed by atoms with Crippen LogP contribution in [0.2, 0.25) is 0 Å². The first-order valence-electron chi connectivity index (χ1n) is 14.4. The molecule has 0 aliphatic heterocycles. The number of aromatic nitrogens is 1. The molecule has 2 heterocycles. The van der Waals surface area contributed by atoms with Gasteiger partial charge in [0.25, 0.3) is 0 Å². The summed E-state index contributed by atoms with van der Waals surface area (Å²) in [5.74, 6) is 0. The van der Waals surface area contributed by atoms with Crippen LogP contribution in [0, 0.1) is 0 Å². The highest BCUT2D eigenvalue weighted by Crippen LogP contribution is 2.43. The SMILES string of the molecule is c1cc2ccc3ccc(-c4cccc5c4[nH]c4ccc(-c6cccc7c6oc6ccccc67)cc45)c4ccc(c1)c2c34. The highest BCUT2D eigenvalue weighted by atomic mass is 16.3. The zero-order valence-electron chi connectivity index (χ0n) is 22.6. The Bertz CT molecular complexity index is 2670. The molecule has 0 amide bonds. The molecule has 42 heavy (non-hydrogen) atoms. The van der Waals surface area contributed by atoms with Crippen molar-refractivity contribution >= 4 is 76.1 Å². The van der Waals surface area contributed by atoms with Gasteiger partial charge in [-0.2, -0.15) is 0 Å². The average Bonchev–Trinajstić information content (AvgIpc) is 3.62. The maximum atomic E-state index is 6.38. The van der Waals surface area contributed by atoms with E-state index in [9.17, 15) is 0 Å². The van der Waals surface area contributed by atoms with Gasteiger partial charge in [0.05, 0.1) is 5.52 Å². The Kier molecular flexibility index (Phi) is 4.21. The van der Waals surface area contributed by atoms with Gasteiger partial charge in [0.1, 0.15) is 11.2 Å². The lowest BCUT2D eigenvalue weighted by Gasteiger charge is -2.14. The summed E-state index contributed by atoms with van der Waals surface area (Å²) in [6.07, 6.45) is 0. The van der Waals surface area contributed by atoms with Crippen molar-refractivity contribution in [2.24, 2.45) is 0 Å². The van der Waals surface area contributed by atoms with Gasteiger partial charge in [-0.1, -0.05) is 115 Å². The highest BCUT2D eigenvalue weighted by Gasteiger charge is 2.17. The van der Waals surface area contributed by atoms with E-state index in [4.69, 9.17) is 4.42 Å². The van der Waals surface area contributed by atoms with Gasteiger partial charge < -0.3 is 9.40 Å². The molecule has 2 heteroatoms. The van der Waals surface area contributed by atoms with Crippen LogP contribution in [0.1, 0.15) is 0 Å². The van der Waals surface area contributed by atoms with Crippen molar-refractivity contribution in [3.63, 3.8) is 0 Å². The standard InChI is InChI=1S/C40H23NO/c1-2-13-36-29(8-1)33-12-4-9-27(40(33)42-36)26-18-21-35-34(22-26)32-11-5-10-31(39(32)41-35)28-19-16-25-15-14-23-6-3-7-24-17-20-30(28)38(25)37(23)24/h1-22,41H. The first-order valence-corrected chi connectivity index (χ1v) is 14.4. The number of benzene rings is 8. The van der Waals surface area contributed by atoms with Crippen molar-refractivity contribution in [1.29, 1.82) is 0 Å². The Morgan fingerprint density at radius 1 is 0.429 bits per heavy atom. The summed E-state index contributed by atoms with van der Waals surface area (Å²) in [5, 5.41) is 12.6. The van der Waals surface area contributed by atoms with Crippen molar-refractivity contribution in [2.75, 3.05) is 0 Å². The van der Waals surface area contributed by atoms with Crippen LogP contribution < -0.4 is 0 Å². The van der Waals surface area contributed by atoms with Crippen molar-refractivity contribution in [3.8, 4) is 22.3 Å². The molecule has 0 saturated carbocycles. The molecule has 0 aliphatic carbocycles. The van der Waals surface area contributed by atoms with Crippen molar-refractivity contribution in [3.05, 3.63) is 133 Å². The second-order valence-corrected chi connectivity index (χ2v) is 11.4. The number of nitrogens with one attached hydrogen (secondary N) is 1. The summed E-state index contributed by atoms with van der Waals surface area (Å²) >= 11 is 0. The summed E-state index contributed by atoms with van der Waals surface area (Å²) in [6.45, 7) is 0. The number of hydrogen-bond acceptors (Lipinski definition) is 1. The minimum atomic E-state index is 0.922. The highest BCUT2D eigenvalue weighted by molar-refractivity contribution is 6.26. The van der Waals surface area contributed by atoms with E-state index in [1.54, 1.807) is 0 Å². The number of hydrogen-bond donors (Lipinski definition) is 1. The van der Waals surface area contributed by atoms with E-state index in [0.29, 0.717) is 0 Å². The van der Waals surface area contributed by atoms with Crippen molar-refractivity contribution in [1.82, 2.24) is 4.98 Å². The van der Waals surface area contributed by atoms with Gasteiger partial charge >= 0.3 is 0 Å². The van der Waals surface area contributed by atoms with E-state index in [1.165, 1.54) is 59.7 Å². The van der Waals surface area contributed by atoms with E-state index in [2.05, 4.69) is 126 Å². The lowest BCUT2D eigenvalue weighted by atomic mass is 9.89. The summed E-state index contributed by atoms with van der Waals surface area (Å²) in [7, 11) is 0. The zero-order chi connectivity index (χ0) is 27.4. The summed E-state index contributed by atoms with van der Waals surface area (Å²) < 4.78 is 6.38. The van der Waals surface area contributed by atoms with Crippen LogP contribution in [-0.2, 0) is 0 Å². The van der Waals surface area contributed by atoms with Crippen LogP contribution in [0.4, 0.5) is 0 Å². The molecular weight excluding hydrogens is 510 g/mol. The van der Waals surface area contributed by atoms with Crippen molar-refractivity contribution < 1.29 is 4.42 Å². The Labute approximate surface area is 240 Å². The van der Waals surface area contributed by atoms with Crippen molar-refractivity contribution in [2.45, 2.75) is 0 Å². The Morgan fingerprint density at radius 2 is 1.14 bits per heavy atom. The number of fused-ring (bicyclic) bond motifs is 6. The Balaban J connectivity index is 1.21. The number of H-pyrrole nitrogens is 1. The van der Waals surface area contributed by atoms with Crippen LogP contribution in [-0.4, -0.2) is 4.98 Å². The molecule has 0 bridgehead atoms. The number of furan rings is 1. The molecule has 0 unspecified atom stereocenters. The molecular formula is C40H23NO. The lowest BCUT2D eigenvalue weighted by molar-refractivity contribution is 0.670. The molecule has 0 fully saturated rings. The molecule has 1 N–H and O–H groups in total. The minimum Gasteiger partial charge on any atom is -0.455 e. The minimum absolute atomic E-state index is 0.922. The average molecular weight is 534 g/mol. The zero-order valence-corrected chi connectivity index (χ0v) is 22.6. The summed E-state index contributed by atoms with van der Waals surface area (Å²) in [4.78, 5) is 3.79. The van der Waals surface area contributed by atoms with Crippen LogP contribution in [0.15, 0.2) is 138 Å². The van der Waals surface area contributed by atoms with E-state index in [-0.39, 0.29) is 0 Å². The third-order valence-electron chi connectivity index (χ3n) is 9.17. The van der Waals surface area contributed by atoms with Gasteiger partial charge in [-0.05, 0) is 61.6 Å². The molecule has 0 saturated heterocycles. The summed E-state index contributed by atoms with van der Waals surface area (Å²) in [5.41, 5.74) is 8.91. The van der Waals surface area contributed by atoms with Gasteiger partial charge in [-0.15, -0.1) is 0 Å². The normalized spacial score (nSPS) is 12.3. The number of aromatic amines is 1. The van der Waals surface area contributed by atoms with E-state index < -0.39 is 0 Å². The fraction of sp³-hybridized carbons (Fsp3) is 0. The quantitative estimate of drug-likeness (QED) is 0.220. The van der Waals surface area contributed by atoms with Gasteiger partial charge in [0, 0.05) is 38.2 Å². The van der Waals surface area contributed by atoms with Gasteiger partial charge in [-0.25, -0.2) is 0 Å². The first-order chi connectivity index (χ1) is 20.8. The fourth-order valence-electron chi connectivity index (χ4n) is 7.26. The Hall–Kier alpha value is -5.60. The second kappa shape index (κ2) is 7.99. The molecule has 2 nitrogen and oxygen atoms in total. The molecule has 8 aromatic carbocycles. The predicted octanol–water partition coefficient (Wildman–Crippen LogP) is 11.5. The molecule has 0 atom stereocenters. The molecule has 0 radical (unpaired) electrons. The fourth-order valence-corrected chi connectivity index (χ4v) is 7.26. The molecule has 2 aromatic heterocycles. The van der Waals surface area contributed by atoms with E-state index >= 15 is 0 Å². The maximum Gasteiger partial charge on any atom is 0.143 e. The second-order valence-electron chi connectivity index (χ2n) is 11.4. The molecule has 0 aliphatic rings. The largest absolute Gasteiger partial charge is 0.455 e. The summed E-state index contributed by atoms with van der Waals surface area (Å²) in [6, 6.07) is 48.3. The topological polar surface area (TPSA) is 28.9 Å². The number of rotatable bonds is 2. The van der Waals surface area contributed by atoms with Gasteiger partial charge in [0.2, 0.25) is 0 Å². The van der Waals surface area contributed by atoms with Crippen LogP contribution in [0.25, 0.3) is 98.3 Å². The third kappa shape index (κ3) is 2.88. The van der Waals surface area contributed by atoms with Gasteiger partial charge in [-0.3, -0.25) is 0 Å². The first kappa shape index (κ1) is 22.1. The van der Waals surface area contributed by atoms with Crippen LogP contribution in [0.5, 0.6) is 0 Å². The van der Waals surface area contributed by atoms with Crippen LogP contribution in [0.3, 0.4) is 0 Å². The van der Waals surface area contributed by atoms with E-state index in [0.717, 1.165) is 38.6 Å². The van der Waals surface area contributed by atoms with E-state index in [1.807, 2.05) is 12.1 Å². The number of para-hydroxylation sites is 3. The van der Waals surface area contributed by atoms with Gasteiger partial charge in [0.15, 0.2) is 0 Å². The Morgan fingerprint density at radius 3 is 2.05 bits per heavy atom. The molecule has 10 aromatic rings. The third-order valence-corrected chi connectivity index (χ3v) is 9.17. The van der Waals surface area contributed by atoms with Crippen LogP contribution >= 0.6 is 0 Å². The monoisotopic (exact) mass is 533 g/mol. The smallest absolute Gasteiger partial charge is 0.143 e. The molecule has 194 valence electrons.